The molecule has 0 amide bonds. The summed E-state index contributed by atoms with van der Waals surface area (Å²) >= 11 is 5.18. The lowest BCUT2D eigenvalue weighted by molar-refractivity contribution is 0.0638. The number of para-hydroxylation sites is 1. The van der Waals surface area contributed by atoms with Gasteiger partial charge < -0.3 is 9.84 Å². The minimum atomic E-state index is -0.520. The monoisotopic (exact) mass is 432 g/mol. The topological polar surface area (TPSA) is 45.6 Å². The molecule has 0 aliphatic carbocycles. The van der Waals surface area contributed by atoms with Crippen molar-refractivity contribution in [2.45, 2.75) is 25.0 Å². The average molecular weight is 433 g/mol. The van der Waals surface area contributed by atoms with Crippen LogP contribution in [0.25, 0.3) is 10.2 Å². The lowest BCUT2D eigenvalue weighted by Gasteiger charge is -2.25. The van der Waals surface area contributed by atoms with E-state index in [-0.39, 0.29) is 0 Å². The molecule has 6 heteroatoms. The SMILES string of the molecule is O[C@H](COc1ccc(Br)cc1)CN1CCC[C@H]1c1nc2ccccc2s1. The van der Waals surface area contributed by atoms with E-state index in [0.717, 1.165) is 40.1 Å². The van der Waals surface area contributed by atoms with Crippen molar-refractivity contribution in [3.63, 3.8) is 0 Å². The number of β-amino-alcohol motifs (C(OH)–C–C–N with tert-alkyl or cyclic N) is 1. The van der Waals surface area contributed by atoms with E-state index < -0.39 is 6.10 Å². The predicted molar refractivity (Wildman–Crippen MR) is 109 cm³/mol. The normalized spacial score (nSPS) is 19.1. The first-order valence-corrected chi connectivity index (χ1v) is 10.5. The summed E-state index contributed by atoms with van der Waals surface area (Å²) < 4.78 is 7.96. The molecule has 2 heterocycles. The van der Waals surface area contributed by atoms with Gasteiger partial charge in [-0.15, -0.1) is 11.3 Å². The summed E-state index contributed by atoms with van der Waals surface area (Å²) in [4.78, 5) is 7.15. The second-order valence-electron chi connectivity index (χ2n) is 6.59. The van der Waals surface area contributed by atoms with Gasteiger partial charge in [0.15, 0.2) is 0 Å². The molecule has 1 N–H and O–H groups in total. The van der Waals surface area contributed by atoms with Gasteiger partial charge in [0.1, 0.15) is 23.5 Å². The molecule has 1 aliphatic rings. The van der Waals surface area contributed by atoms with Crippen molar-refractivity contribution in [1.29, 1.82) is 0 Å². The zero-order chi connectivity index (χ0) is 17.9. The number of benzene rings is 2. The summed E-state index contributed by atoms with van der Waals surface area (Å²) in [5, 5.41) is 11.6. The van der Waals surface area contributed by atoms with E-state index in [1.165, 1.54) is 4.70 Å². The molecule has 4 rings (SSSR count). The number of nitrogens with zero attached hydrogens (tertiary/aromatic N) is 2. The number of halogens is 1. The van der Waals surface area contributed by atoms with Crippen molar-refractivity contribution >= 4 is 37.5 Å². The number of aliphatic hydroxyl groups excluding tert-OH is 1. The highest BCUT2D eigenvalue weighted by atomic mass is 79.9. The maximum atomic E-state index is 10.4. The van der Waals surface area contributed by atoms with Gasteiger partial charge >= 0.3 is 0 Å². The van der Waals surface area contributed by atoms with Gasteiger partial charge in [0, 0.05) is 11.0 Å². The summed E-state index contributed by atoms with van der Waals surface area (Å²) in [6, 6.07) is 16.2. The van der Waals surface area contributed by atoms with Gasteiger partial charge in [-0.05, 0) is 55.8 Å². The largest absolute Gasteiger partial charge is 0.491 e. The maximum absolute atomic E-state index is 10.4. The first-order valence-electron chi connectivity index (χ1n) is 8.85. The van der Waals surface area contributed by atoms with E-state index in [0.29, 0.717) is 19.2 Å². The molecule has 1 aliphatic heterocycles. The fourth-order valence-corrected chi connectivity index (χ4v) is 4.80. The van der Waals surface area contributed by atoms with E-state index in [1.807, 2.05) is 30.3 Å². The van der Waals surface area contributed by atoms with E-state index in [2.05, 4.69) is 39.0 Å². The number of hydrogen-bond acceptors (Lipinski definition) is 5. The van der Waals surface area contributed by atoms with Crippen LogP contribution in [0.1, 0.15) is 23.9 Å². The van der Waals surface area contributed by atoms with Crippen molar-refractivity contribution in [2.24, 2.45) is 0 Å². The van der Waals surface area contributed by atoms with Gasteiger partial charge in [-0.2, -0.15) is 0 Å². The van der Waals surface area contributed by atoms with Crippen molar-refractivity contribution < 1.29 is 9.84 Å². The minimum absolute atomic E-state index is 0.296. The van der Waals surface area contributed by atoms with Crippen LogP contribution >= 0.6 is 27.3 Å². The van der Waals surface area contributed by atoms with Crippen molar-refractivity contribution in [3.05, 3.63) is 58.0 Å². The molecule has 0 radical (unpaired) electrons. The lowest BCUT2D eigenvalue weighted by Crippen LogP contribution is -2.35. The molecule has 3 aromatic rings. The number of thiazole rings is 1. The minimum Gasteiger partial charge on any atom is -0.491 e. The molecule has 1 fully saturated rings. The molecule has 136 valence electrons. The number of fused-ring (bicyclic) bond motifs is 1. The Balaban J connectivity index is 1.37. The summed E-state index contributed by atoms with van der Waals surface area (Å²) in [6.45, 7) is 1.90. The van der Waals surface area contributed by atoms with E-state index in [1.54, 1.807) is 11.3 Å². The molecular weight excluding hydrogens is 412 g/mol. The summed E-state index contributed by atoms with van der Waals surface area (Å²) in [6.07, 6.45) is 1.72. The number of aliphatic hydroxyl groups is 1. The van der Waals surface area contributed by atoms with Crippen LogP contribution in [0.5, 0.6) is 5.75 Å². The van der Waals surface area contributed by atoms with Gasteiger partial charge in [0.2, 0.25) is 0 Å². The standard InChI is InChI=1S/C20H21BrN2O2S/c21-14-7-9-16(10-8-14)25-13-15(24)12-23-11-3-5-18(23)20-22-17-4-1-2-6-19(17)26-20/h1-2,4,6-10,15,18,24H,3,5,11-13H2/t15-,18-/m0/s1. The fraction of sp³-hybridized carbons (Fsp3) is 0.350. The van der Waals surface area contributed by atoms with Gasteiger partial charge in [-0.25, -0.2) is 4.98 Å². The van der Waals surface area contributed by atoms with Crippen molar-refractivity contribution in [3.8, 4) is 5.75 Å². The Bertz CT molecular complexity index is 835. The molecule has 0 saturated carbocycles. The smallest absolute Gasteiger partial charge is 0.119 e. The molecule has 4 nitrogen and oxygen atoms in total. The lowest BCUT2D eigenvalue weighted by atomic mass is 10.2. The zero-order valence-corrected chi connectivity index (χ0v) is 16.7. The van der Waals surface area contributed by atoms with Crippen LogP contribution in [-0.4, -0.2) is 40.8 Å². The highest BCUT2D eigenvalue weighted by molar-refractivity contribution is 9.10. The third-order valence-electron chi connectivity index (χ3n) is 4.66. The first-order chi connectivity index (χ1) is 12.7. The van der Waals surface area contributed by atoms with Crippen molar-refractivity contribution in [1.82, 2.24) is 9.88 Å². The van der Waals surface area contributed by atoms with Crippen LogP contribution in [0.4, 0.5) is 0 Å². The number of hydrogen-bond donors (Lipinski definition) is 1. The molecule has 0 spiro atoms. The summed E-state index contributed by atoms with van der Waals surface area (Å²) in [7, 11) is 0. The Morgan fingerprint density at radius 3 is 2.85 bits per heavy atom. The molecule has 2 aromatic carbocycles. The van der Waals surface area contributed by atoms with E-state index in [4.69, 9.17) is 9.72 Å². The van der Waals surface area contributed by atoms with Crippen LogP contribution in [0.15, 0.2) is 53.0 Å². The van der Waals surface area contributed by atoms with Crippen LogP contribution in [-0.2, 0) is 0 Å². The van der Waals surface area contributed by atoms with Crippen LogP contribution in [0, 0.1) is 0 Å². The highest BCUT2D eigenvalue weighted by Gasteiger charge is 2.30. The Hall–Kier alpha value is -1.47. The van der Waals surface area contributed by atoms with E-state index in [9.17, 15) is 5.11 Å². The quantitative estimate of drug-likeness (QED) is 0.616. The van der Waals surface area contributed by atoms with Crippen molar-refractivity contribution in [2.75, 3.05) is 19.7 Å². The predicted octanol–water partition coefficient (Wildman–Crippen LogP) is 4.64. The third-order valence-corrected chi connectivity index (χ3v) is 6.33. The van der Waals surface area contributed by atoms with Crippen LogP contribution < -0.4 is 4.74 Å². The van der Waals surface area contributed by atoms with E-state index >= 15 is 0 Å². The Morgan fingerprint density at radius 2 is 2.04 bits per heavy atom. The average Bonchev–Trinajstić information content (AvgIpc) is 3.27. The van der Waals surface area contributed by atoms with Crippen LogP contribution in [0.3, 0.4) is 0 Å². The highest BCUT2D eigenvalue weighted by Crippen LogP contribution is 2.36. The third kappa shape index (κ3) is 4.09. The van der Waals surface area contributed by atoms with Crippen LogP contribution in [0.2, 0.25) is 0 Å². The maximum Gasteiger partial charge on any atom is 0.119 e. The first kappa shape index (κ1) is 17.9. The second-order valence-corrected chi connectivity index (χ2v) is 8.57. The summed E-state index contributed by atoms with van der Waals surface area (Å²) in [5.74, 6) is 0.774. The molecule has 1 aromatic heterocycles. The molecule has 26 heavy (non-hydrogen) atoms. The molecule has 0 unspecified atom stereocenters. The molecule has 0 bridgehead atoms. The number of likely N-dealkylation sites (tertiary alicyclic amines) is 1. The molecule has 2 atom stereocenters. The van der Waals surface area contributed by atoms with Gasteiger partial charge in [0.05, 0.1) is 16.3 Å². The zero-order valence-electron chi connectivity index (χ0n) is 14.3. The number of ether oxygens (including phenoxy) is 1. The molecular formula is C20H21BrN2O2S. The molecule has 1 saturated heterocycles. The Kier molecular flexibility index (Phi) is 5.55. The number of rotatable bonds is 6. The van der Waals surface area contributed by atoms with Gasteiger partial charge in [-0.1, -0.05) is 28.1 Å². The Labute approximate surface area is 165 Å². The van der Waals surface area contributed by atoms with Gasteiger partial charge in [0.25, 0.3) is 0 Å². The summed E-state index contributed by atoms with van der Waals surface area (Å²) in [5.41, 5.74) is 1.07. The Morgan fingerprint density at radius 1 is 1.23 bits per heavy atom. The fourth-order valence-electron chi connectivity index (χ4n) is 3.40. The van der Waals surface area contributed by atoms with Gasteiger partial charge in [-0.3, -0.25) is 4.90 Å². The second kappa shape index (κ2) is 8.05. The number of aromatic nitrogens is 1.